The molecule has 110 valence electrons. The number of hydrogen-bond donors (Lipinski definition) is 1. The van der Waals surface area contributed by atoms with Crippen molar-refractivity contribution in [3.05, 3.63) is 17.7 Å². The minimum Gasteiger partial charge on any atom is -0.481 e. The van der Waals surface area contributed by atoms with Crippen LogP contribution in [0.4, 0.5) is 0 Å². The molecule has 7 heteroatoms. The largest absolute Gasteiger partial charge is 0.481 e. The molecule has 1 aliphatic heterocycles. The van der Waals surface area contributed by atoms with Gasteiger partial charge in [-0.25, -0.2) is 0 Å². The van der Waals surface area contributed by atoms with Crippen LogP contribution in [0, 0.1) is 0 Å². The van der Waals surface area contributed by atoms with Crippen LogP contribution in [-0.4, -0.2) is 61.5 Å². The first kappa shape index (κ1) is 14.5. The fourth-order valence-electron chi connectivity index (χ4n) is 2.24. The van der Waals surface area contributed by atoms with Crippen molar-refractivity contribution in [1.82, 2.24) is 9.88 Å². The standard InChI is InChI=1S/C13H18N2O5/c1-18-10-4-3-9(12(14-10)19-2)11(13(16)17)15-5-7-20-8-6-15/h3-4,11H,5-8H2,1-2H3,(H,16,17)/t11-/m1/s1. The Morgan fingerprint density at radius 1 is 1.35 bits per heavy atom. The van der Waals surface area contributed by atoms with Crippen molar-refractivity contribution in [2.24, 2.45) is 0 Å². The van der Waals surface area contributed by atoms with E-state index in [-0.39, 0.29) is 5.88 Å². The van der Waals surface area contributed by atoms with Crippen molar-refractivity contribution < 1.29 is 24.1 Å². The van der Waals surface area contributed by atoms with Crippen LogP contribution >= 0.6 is 0 Å². The van der Waals surface area contributed by atoms with Gasteiger partial charge in [-0.3, -0.25) is 9.69 Å². The molecule has 1 N–H and O–H groups in total. The van der Waals surface area contributed by atoms with E-state index in [1.807, 2.05) is 4.90 Å². The molecule has 0 amide bonds. The Bertz CT molecular complexity index is 474. The van der Waals surface area contributed by atoms with Crippen LogP contribution in [0.25, 0.3) is 0 Å². The zero-order chi connectivity index (χ0) is 14.5. The lowest BCUT2D eigenvalue weighted by Crippen LogP contribution is -2.42. The van der Waals surface area contributed by atoms with Crippen LogP contribution in [0.3, 0.4) is 0 Å². The molecule has 0 aromatic carbocycles. The van der Waals surface area contributed by atoms with Crippen LogP contribution in [0.15, 0.2) is 12.1 Å². The van der Waals surface area contributed by atoms with Gasteiger partial charge in [0.25, 0.3) is 0 Å². The summed E-state index contributed by atoms with van der Waals surface area (Å²) in [6.45, 7) is 2.17. The van der Waals surface area contributed by atoms with Crippen molar-refractivity contribution in [2.75, 3.05) is 40.5 Å². The Labute approximate surface area is 117 Å². The number of pyridine rings is 1. The highest BCUT2D eigenvalue weighted by molar-refractivity contribution is 5.76. The summed E-state index contributed by atoms with van der Waals surface area (Å²) in [6, 6.07) is 2.51. The number of carboxylic acid groups (broad SMARTS) is 1. The number of carboxylic acids is 1. The first-order chi connectivity index (χ1) is 9.67. The Hall–Kier alpha value is -1.86. The summed E-state index contributed by atoms with van der Waals surface area (Å²) >= 11 is 0. The van der Waals surface area contributed by atoms with Gasteiger partial charge in [-0.05, 0) is 6.07 Å². The van der Waals surface area contributed by atoms with Crippen molar-refractivity contribution in [3.63, 3.8) is 0 Å². The lowest BCUT2D eigenvalue weighted by atomic mass is 10.1. The van der Waals surface area contributed by atoms with E-state index in [2.05, 4.69) is 4.98 Å². The maximum absolute atomic E-state index is 11.6. The van der Waals surface area contributed by atoms with Gasteiger partial charge in [0.15, 0.2) is 0 Å². The first-order valence-electron chi connectivity index (χ1n) is 6.31. The molecule has 1 aromatic rings. The average Bonchev–Trinajstić information content (AvgIpc) is 2.48. The molecule has 7 nitrogen and oxygen atoms in total. The molecular formula is C13H18N2O5. The number of carbonyl (C=O) groups is 1. The summed E-state index contributed by atoms with van der Waals surface area (Å²) in [5.74, 6) is -0.280. The predicted molar refractivity (Wildman–Crippen MR) is 70.1 cm³/mol. The molecule has 1 aromatic heterocycles. The van der Waals surface area contributed by atoms with E-state index in [0.717, 1.165) is 0 Å². The molecule has 2 heterocycles. The molecule has 0 saturated carbocycles. The second-order valence-electron chi connectivity index (χ2n) is 4.34. The van der Waals surface area contributed by atoms with Crippen LogP contribution in [0.5, 0.6) is 11.8 Å². The van der Waals surface area contributed by atoms with E-state index in [9.17, 15) is 9.90 Å². The average molecular weight is 282 g/mol. The number of hydrogen-bond acceptors (Lipinski definition) is 6. The number of morpholine rings is 1. The van der Waals surface area contributed by atoms with E-state index in [1.165, 1.54) is 14.2 Å². The van der Waals surface area contributed by atoms with Crippen molar-refractivity contribution in [1.29, 1.82) is 0 Å². The molecule has 1 aliphatic rings. The van der Waals surface area contributed by atoms with Crippen LogP contribution in [0.1, 0.15) is 11.6 Å². The predicted octanol–water partition coefficient (Wildman–Crippen LogP) is 0.557. The Balaban J connectivity index is 2.35. The number of nitrogens with zero attached hydrogens (tertiary/aromatic N) is 2. The van der Waals surface area contributed by atoms with Crippen molar-refractivity contribution in [2.45, 2.75) is 6.04 Å². The zero-order valence-electron chi connectivity index (χ0n) is 11.5. The summed E-state index contributed by atoms with van der Waals surface area (Å²) < 4.78 is 15.5. The van der Waals surface area contributed by atoms with Gasteiger partial charge in [-0.2, -0.15) is 4.98 Å². The summed E-state index contributed by atoms with van der Waals surface area (Å²) in [7, 11) is 2.96. The quantitative estimate of drug-likeness (QED) is 0.844. The van der Waals surface area contributed by atoms with Gasteiger partial charge in [0.05, 0.1) is 27.4 Å². The summed E-state index contributed by atoms with van der Waals surface area (Å²) in [6.07, 6.45) is 0. The second kappa shape index (κ2) is 6.53. The van der Waals surface area contributed by atoms with Gasteiger partial charge >= 0.3 is 5.97 Å². The minimum atomic E-state index is -0.933. The highest BCUT2D eigenvalue weighted by Crippen LogP contribution is 2.30. The molecule has 0 unspecified atom stereocenters. The van der Waals surface area contributed by atoms with Gasteiger partial charge in [0.1, 0.15) is 6.04 Å². The topological polar surface area (TPSA) is 81.1 Å². The van der Waals surface area contributed by atoms with Gasteiger partial charge in [-0.15, -0.1) is 0 Å². The molecule has 1 atom stereocenters. The molecule has 1 saturated heterocycles. The molecule has 1 fully saturated rings. The second-order valence-corrected chi connectivity index (χ2v) is 4.34. The van der Waals surface area contributed by atoms with E-state index in [1.54, 1.807) is 12.1 Å². The molecule has 2 rings (SSSR count). The molecule has 0 radical (unpaired) electrons. The van der Waals surface area contributed by atoms with Crippen molar-refractivity contribution in [3.8, 4) is 11.8 Å². The highest BCUT2D eigenvalue weighted by Gasteiger charge is 2.31. The van der Waals surface area contributed by atoms with Crippen LogP contribution in [0.2, 0.25) is 0 Å². The summed E-state index contributed by atoms with van der Waals surface area (Å²) in [4.78, 5) is 17.6. The number of rotatable bonds is 5. The number of aliphatic carboxylic acids is 1. The number of methoxy groups -OCH3 is 2. The summed E-state index contributed by atoms with van der Waals surface area (Å²) in [5.41, 5.74) is 0.516. The van der Waals surface area contributed by atoms with E-state index >= 15 is 0 Å². The zero-order valence-corrected chi connectivity index (χ0v) is 11.5. The number of ether oxygens (including phenoxy) is 3. The molecule has 0 bridgehead atoms. The smallest absolute Gasteiger partial charge is 0.325 e. The molecular weight excluding hydrogens is 264 g/mol. The van der Waals surface area contributed by atoms with Crippen LogP contribution in [-0.2, 0) is 9.53 Å². The summed E-state index contributed by atoms with van der Waals surface area (Å²) in [5, 5.41) is 9.53. The lowest BCUT2D eigenvalue weighted by Gasteiger charge is -2.32. The van der Waals surface area contributed by atoms with Crippen LogP contribution < -0.4 is 9.47 Å². The molecule has 0 aliphatic carbocycles. The van der Waals surface area contributed by atoms with Gasteiger partial charge in [0, 0.05) is 24.7 Å². The number of aromatic nitrogens is 1. The fraction of sp³-hybridized carbons (Fsp3) is 0.538. The first-order valence-corrected chi connectivity index (χ1v) is 6.31. The van der Waals surface area contributed by atoms with Gasteiger partial charge in [0.2, 0.25) is 11.8 Å². The third-order valence-electron chi connectivity index (χ3n) is 3.21. The van der Waals surface area contributed by atoms with Gasteiger partial charge in [-0.1, -0.05) is 0 Å². The minimum absolute atomic E-state index is 0.267. The van der Waals surface area contributed by atoms with E-state index in [0.29, 0.717) is 37.7 Å². The monoisotopic (exact) mass is 282 g/mol. The molecule has 20 heavy (non-hydrogen) atoms. The Morgan fingerprint density at radius 3 is 2.60 bits per heavy atom. The third kappa shape index (κ3) is 3.00. The van der Waals surface area contributed by atoms with Gasteiger partial charge < -0.3 is 19.3 Å². The normalized spacial score (nSPS) is 17.5. The maximum Gasteiger partial charge on any atom is 0.325 e. The Morgan fingerprint density at radius 2 is 2.05 bits per heavy atom. The third-order valence-corrected chi connectivity index (χ3v) is 3.21. The highest BCUT2D eigenvalue weighted by atomic mass is 16.5. The maximum atomic E-state index is 11.6. The fourth-order valence-corrected chi connectivity index (χ4v) is 2.24. The van der Waals surface area contributed by atoms with E-state index in [4.69, 9.17) is 14.2 Å². The SMILES string of the molecule is COc1ccc([C@H](C(=O)O)N2CCOCC2)c(OC)n1. The Kier molecular flexibility index (Phi) is 4.75. The lowest BCUT2D eigenvalue weighted by molar-refractivity contribution is -0.145. The van der Waals surface area contributed by atoms with E-state index < -0.39 is 12.0 Å². The van der Waals surface area contributed by atoms with Crippen molar-refractivity contribution >= 4 is 5.97 Å². The molecule has 0 spiro atoms.